The fourth-order valence-electron chi connectivity index (χ4n) is 3.06. The standard InChI is InChI=1S/C23H26BrN3O4S/c1-26(2)10-11-27(23-25-17-8-7-16(24)14-20(17)32-23)21(28)9-6-15-12-18(29-3)22(31-5)19(13-15)30-4/h6-9,12-14H,10-11H2,1-5H3. The molecule has 0 N–H and O–H groups in total. The van der Waals surface area contributed by atoms with Gasteiger partial charge in [-0.1, -0.05) is 27.3 Å². The van der Waals surface area contributed by atoms with Crippen LogP contribution in [0.1, 0.15) is 5.56 Å². The third-order valence-corrected chi connectivity index (χ3v) is 6.25. The van der Waals surface area contributed by atoms with Crippen molar-refractivity contribution in [3.8, 4) is 17.2 Å². The molecule has 0 aliphatic rings. The van der Waals surface area contributed by atoms with Crippen molar-refractivity contribution in [1.29, 1.82) is 0 Å². The molecule has 0 spiro atoms. The van der Waals surface area contributed by atoms with E-state index in [0.29, 0.717) is 35.5 Å². The Kier molecular flexibility index (Phi) is 8.11. The smallest absolute Gasteiger partial charge is 0.252 e. The van der Waals surface area contributed by atoms with Gasteiger partial charge in [0.15, 0.2) is 16.6 Å². The van der Waals surface area contributed by atoms with Crippen molar-refractivity contribution in [2.45, 2.75) is 0 Å². The Morgan fingerprint density at radius 3 is 2.34 bits per heavy atom. The van der Waals surface area contributed by atoms with E-state index in [1.807, 2.05) is 37.2 Å². The number of methoxy groups -OCH3 is 3. The predicted octanol–water partition coefficient (Wildman–Crippen LogP) is 4.69. The number of nitrogens with zero attached hydrogens (tertiary/aromatic N) is 3. The molecule has 0 aliphatic heterocycles. The molecule has 0 unspecified atom stereocenters. The molecule has 0 radical (unpaired) electrons. The normalized spacial score (nSPS) is 11.3. The zero-order valence-corrected chi connectivity index (χ0v) is 21.1. The first-order valence-electron chi connectivity index (χ1n) is 9.86. The summed E-state index contributed by atoms with van der Waals surface area (Å²) in [5.41, 5.74) is 1.62. The van der Waals surface area contributed by atoms with E-state index in [0.717, 1.165) is 20.3 Å². The van der Waals surface area contributed by atoms with E-state index in [4.69, 9.17) is 14.2 Å². The van der Waals surface area contributed by atoms with Gasteiger partial charge in [0.05, 0.1) is 31.5 Å². The summed E-state index contributed by atoms with van der Waals surface area (Å²) in [6, 6.07) is 9.49. The van der Waals surface area contributed by atoms with E-state index in [1.54, 1.807) is 50.5 Å². The van der Waals surface area contributed by atoms with E-state index in [1.165, 1.54) is 11.3 Å². The number of halogens is 1. The number of benzene rings is 2. The van der Waals surface area contributed by atoms with Crippen molar-refractivity contribution < 1.29 is 19.0 Å². The monoisotopic (exact) mass is 519 g/mol. The van der Waals surface area contributed by atoms with Crippen molar-refractivity contribution in [2.75, 3.05) is 53.4 Å². The molecule has 0 aliphatic carbocycles. The average Bonchev–Trinajstić information content (AvgIpc) is 3.19. The first kappa shape index (κ1) is 24.0. The molecule has 2 aromatic carbocycles. The minimum atomic E-state index is -0.154. The molecule has 7 nitrogen and oxygen atoms in total. The number of ether oxygens (including phenoxy) is 3. The number of aromatic nitrogens is 1. The first-order chi connectivity index (χ1) is 15.4. The van der Waals surface area contributed by atoms with Crippen LogP contribution in [0, 0.1) is 0 Å². The van der Waals surface area contributed by atoms with Crippen LogP contribution in [0.5, 0.6) is 17.2 Å². The number of carbonyl (C=O) groups is 1. The van der Waals surface area contributed by atoms with Gasteiger partial charge >= 0.3 is 0 Å². The molecular weight excluding hydrogens is 494 g/mol. The largest absolute Gasteiger partial charge is 0.493 e. The second kappa shape index (κ2) is 10.8. The lowest BCUT2D eigenvalue weighted by Crippen LogP contribution is -2.35. The summed E-state index contributed by atoms with van der Waals surface area (Å²) in [5.74, 6) is 1.41. The molecule has 9 heteroatoms. The Morgan fingerprint density at radius 1 is 1.06 bits per heavy atom. The topological polar surface area (TPSA) is 64.1 Å². The van der Waals surface area contributed by atoms with Gasteiger partial charge < -0.3 is 19.1 Å². The molecule has 0 saturated heterocycles. The van der Waals surface area contributed by atoms with Gasteiger partial charge in [-0.2, -0.15) is 0 Å². The van der Waals surface area contributed by atoms with Gasteiger partial charge in [0.1, 0.15) is 0 Å². The van der Waals surface area contributed by atoms with Gasteiger partial charge in [-0.3, -0.25) is 9.69 Å². The van der Waals surface area contributed by atoms with Gasteiger partial charge in [-0.05, 0) is 56.1 Å². The molecule has 1 amide bonds. The SMILES string of the molecule is COc1cc(C=CC(=O)N(CCN(C)C)c2nc3ccc(Br)cc3s2)cc(OC)c1OC. The fraction of sp³-hybridized carbons (Fsp3) is 0.304. The molecule has 3 aromatic rings. The minimum Gasteiger partial charge on any atom is -0.493 e. The van der Waals surface area contributed by atoms with E-state index >= 15 is 0 Å². The molecule has 1 heterocycles. The first-order valence-corrected chi connectivity index (χ1v) is 11.5. The summed E-state index contributed by atoms with van der Waals surface area (Å²) in [6.07, 6.45) is 3.28. The molecule has 0 saturated carbocycles. The quantitative estimate of drug-likeness (QED) is 0.382. The second-order valence-electron chi connectivity index (χ2n) is 7.19. The highest BCUT2D eigenvalue weighted by atomic mass is 79.9. The number of hydrogen-bond donors (Lipinski definition) is 0. The number of amides is 1. The number of carbonyl (C=O) groups excluding carboxylic acids is 1. The van der Waals surface area contributed by atoms with Crippen LogP contribution in [-0.4, -0.2) is 64.3 Å². The van der Waals surface area contributed by atoms with Crippen LogP contribution in [0.2, 0.25) is 0 Å². The van der Waals surface area contributed by atoms with Crippen molar-refractivity contribution in [3.05, 3.63) is 46.4 Å². The van der Waals surface area contributed by atoms with Crippen LogP contribution in [0.25, 0.3) is 16.3 Å². The maximum absolute atomic E-state index is 13.2. The molecule has 0 fully saturated rings. The average molecular weight is 520 g/mol. The van der Waals surface area contributed by atoms with E-state index in [2.05, 4.69) is 20.9 Å². The highest BCUT2D eigenvalue weighted by molar-refractivity contribution is 9.10. The third-order valence-electron chi connectivity index (χ3n) is 4.71. The maximum Gasteiger partial charge on any atom is 0.252 e. The molecule has 1 aromatic heterocycles. The lowest BCUT2D eigenvalue weighted by atomic mass is 10.1. The van der Waals surface area contributed by atoms with Crippen LogP contribution in [0.3, 0.4) is 0 Å². The van der Waals surface area contributed by atoms with E-state index < -0.39 is 0 Å². The lowest BCUT2D eigenvalue weighted by molar-refractivity contribution is -0.114. The second-order valence-corrected chi connectivity index (χ2v) is 9.12. The summed E-state index contributed by atoms with van der Waals surface area (Å²) >= 11 is 4.99. The van der Waals surface area contributed by atoms with Gasteiger partial charge in [0.25, 0.3) is 5.91 Å². The van der Waals surface area contributed by atoms with Gasteiger partial charge in [0.2, 0.25) is 5.75 Å². The van der Waals surface area contributed by atoms with E-state index in [-0.39, 0.29) is 5.91 Å². The predicted molar refractivity (Wildman–Crippen MR) is 133 cm³/mol. The van der Waals surface area contributed by atoms with Gasteiger partial charge in [0, 0.05) is 23.6 Å². The Balaban J connectivity index is 1.91. The Labute approximate surface area is 200 Å². The fourth-order valence-corrected chi connectivity index (χ4v) is 4.61. The molecule has 170 valence electrons. The highest BCUT2D eigenvalue weighted by Crippen LogP contribution is 2.38. The number of fused-ring (bicyclic) bond motifs is 1. The zero-order valence-electron chi connectivity index (χ0n) is 18.7. The van der Waals surface area contributed by atoms with Crippen LogP contribution < -0.4 is 19.1 Å². The Hall–Kier alpha value is -2.62. The summed E-state index contributed by atoms with van der Waals surface area (Å²) in [6.45, 7) is 1.23. The molecule has 32 heavy (non-hydrogen) atoms. The molecular formula is C23H26BrN3O4S. The van der Waals surface area contributed by atoms with Crippen molar-refractivity contribution in [2.24, 2.45) is 0 Å². The van der Waals surface area contributed by atoms with Crippen molar-refractivity contribution in [1.82, 2.24) is 9.88 Å². The van der Waals surface area contributed by atoms with Crippen LogP contribution >= 0.6 is 27.3 Å². The maximum atomic E-state index is 13.2. The van der Waals surface area contributed by atoms with Crippen LogP contribution in [-0.2, 0) is 4.79 Å². The minimum absolute atomic E-state index is 0.154. The summed E-state index contributed by atoms with van der Waals surface area (Å²) in [7, 11) is 8.63. The number of anilines is 1. The summed E-state index contributed by atoms with van der Waals surface area (Å²) in [4.78, 5) is 21.6. The van der Waals surface area contributed by atoms with Gasteiger partial charge in [-0.25, -0.2) is 4.98 Å². The van der Waals surface area contributed by atoms with Gasteiger partial charge in [-0.15, -0.1) is 0 Å². The number of thiazole rings is 1. The third kappa shape index (κ3) is 5.59. The molecule has 3 rings (SSSR count). The zero-order chi connectivity index (χ0) is 23.3. The van der Waals surface area contributed by atoms with Crippen LogP contribution in [0.4, 0.5) is 5.13 Å². The van der Waals surface area contributed by atoms with E-state index in [9.17, 15) is 4.79 Å². The molecule has 0 bridgehead atoms. The van der Waals surface area contributed by atoms with Crippen LogP contribution in [0.15, 0.2) is 40.9 Å². The lowest BCUT2D eigenvalue weighted by Gasteiger charge is -2.20. The number of likely N-dealkylation sites (N-methyl/N-ethyl adjacent to an activating group) is 1. The Morgan fingerprint density at radius 2 is 1.75 bits per heavy atom. The highest BCUT2D eigenvalue weighted by Gasteiger charge is 2.19. The number of hydrogen-bond acceptors (Lipinski definition) is 7. The summed E-state index contributed by atoms with van der Waals surface area (Å²) < 4.78 is 18.2. The molecule has 0 atom stereocenters. The number of rotatable bonds is 9. The Bertz CT molecular complexity index is 1100. The van der Waals surface area contributed by atoms with Crippen molar-refractivity contribution >= 4 is 54.6 Å². The summed E-state index contributed by atoms with van der Waals surface area (Å²) in [5, 5.41) is 0.666. The van der Waals surface area contributed by atoms with Crippen molar-refractivity contribution in [3.63, 3.8) is 0 Å².